The number of rotatable bonds is 9. The Morgan fingerprint density at radius 3 is 2.71 bits per heavy atom. The van der Waals surface area contributed by atoms with E-state index in [9.17, 15) is 14.0 Å². The van der Waals surface area contributed by atoms with Crippen molar-refractivity contribution in [2.75, 3.05) is 25.0 Å². The second-order valence-corrected chi connectivity index (χ2v) is 4.90. The summed E-state index contributed by atoms with van der Waals surface area (Å²) in [5, 5.41) is 2.63. The molecule has 0 atom stereocenters. The van der Waals surface area contributed by atoms with Gasteiger partial charge in [0.25, 0.3) is 0 Å². The SMILES string of the molecule is CCCCN(CCC(=O)Nc1cccc(F)c1)CC(N)=O. The molecule has 0 aliphatic heterocycles. The van der Waals surface area contributed by atoms with Crippen molar-refractivity contribution in [1.82, 2.24) is 4.90 Å². The molecule has 0 bridgehead atoms. The van der Waals surface area contributed by atoms with Crippen molar-refractivity contribution in [2.24, 2.45) is 5.73 Å². The average Bonchev–Trinajstić information content (AvgIpc) is 2.41. The lowest BCUT2D eigenvalue weighted by Crippen LogP contribution is -2.36. The van der Waals surface area contributed by atoms with Crippen LogP contribution in [0, 0.1) is 5.82 Å². The molecule has 2 amide bonds. The van der Waals surface area contributed by atoms with E-state index in [1.54, 1.807) is 6.07 Å². The summed E-state index contributed by atoms with van der Waals surface area (Å²) in [6.07, 6.45) is 2.18. The third kappa shape index (κ3) is 7.41. The molecule has 1 aromatic carbocycles. The van der Waals surface area contributed by atoms with Gasteiger partial charge in [-0.05, 0) is 31.2 Å². The van der Waals surface area contributed by atoms with Gasteiger partial charge < -0.3 is 11.1 Å². The standard InChI is InChI=1S/C15H22FN3O2/c1-2-3-8-19(11-14(17)20)9-7-15(21)18-13-6-4-5-12(16)10-13/h4-6,10H,2-3,7-9,11H2,1H3,(H2,17,20)(H,18,21). The number of benzene rings is 1. The number of nitrogens with one attached hydrogen (secondary N) is 1. The highest BCUT2D eigenvalue weighted by Crippen LogP contribution is 2.09. The predicted octanol–water partition coefficient (Wildman–Crippen LogP) is 1.74. The minimum Gasteiger partial charge on any atom is -0.369 e. The molecule has 0 aliphatic carbocycles. The summed E-state index contributed by atoms with van der Waals surface area (Å²) in [6.45, 7) is 3.38. The molecule has 116 valence electrons. The Morgan fingerprint density at radius 1 is 1.33 bits per heavy atom. The van der Waals surface area contributed by atoms with Gasteiger partial charge in [-0.3, -0.25) is 14.5 Å². The van der Waals surface area contributed by atoms with Crippen LogP contribution in [0.25, 0.3) is 0 Å². The van der Waals surface area contributed by atoms with E-state index >= 15 is 0 Å². The zero-order chi connectivity index (χ0) is 15.7. The Hall–Kier alpha value is -1.95. The molecule has 0 unspecified atom stereocenters. The van der Waals surface area contributed by atoms with E-state index < -0.39 is 11.7 Å². The summed E-state index contributed by atoms with van der Waals surface area (Å²) in [5.74, 6) is -1.02. The van der Waals surface area contributed by atoms with Gasteiger partial charge >= 0.3 is 0 Å². The fourth-order valence-electron chi connectivity index (χ4n) is 1.92. The summed E-state index contributed by atoms with van der Waals surface area (Å²) in [7, 11) is 0. The van der Waals surface area contributed by atoms with Gasteiger partial charge in [-0.25, -0.2) is 4.39 Å². The molecule has 5 nitrogen and oxygen atoms in total. The highest BCUT2D eigenvalue weighted by atomic mass is 19.1. The van der Waals surface area contributed by atoms with Crippen molar-refractivity contribution in [3.8, 4) is 0 Å². The number of halogens is 1. The van der Waals surface area contributed by atoms with E-state index in [1.807, 2.05) is 4.90 Å². The monoisotopic (exact) mass is 295 g/mol. The number of anilines is 1. The lowest BCUT2D eigenvalue weighted by molar-refractivity contribution is -0.120. The molecule has 0 aliphatic rings. The first-order chi connectivity index (χ1) is 10.0. The van der Waals surface area contributed by atoms with Gasteiger partial charge in [0.05, 0.1) is 6.54 Å². The van der Waals surface area contributed by atoms with Crippen molar-refractivity contribution in [1.29, 1.82) is 0 Å². The molecule has 0 spiro atoms. The van der Waals surface area contributed by atoms with Gasteiger partial charge in [0.1, 0.15) is 5.82 Å². The van der Waals surface area contributed by atoms with Crippen LogP contribution in [0.2, 0.25) is 0 Å². The first-order valence-corrected chi connectivity index (χ1v) is 7.07. The first kappa shape index (κ1) is 17.1. The molecule has 1 aromatic rings. The highest BCUT2D eigenvalue weighted by Gasteiger charge is 2.10. The lowest BCUT2D eigenvalue weighted by Gasteiger charge is -2.20. The van der Waals surface area contributed by atoms with E-state index in [1.165, 1.54) is 18.2 Å². The van der Waals surface area contributed by atoms with Gasteiger partial charge in [-0.1, -0.05) is 19.4 Å². The highest BCUT2D eigenvalue weighted by molar-refractivity contribution is 5.90. The largest absolute Gasteiger partial charge is 0.369 e. The van der Waals surface area contributed by atoms with Crippen molar-refractivity contribution < 1.29 is 14.0 Å². The molecule has 3 N–H and O–H groups in total. The van der Waals surface area contributed by atoms with E-state index in [4.69, 9.17) is 5.73 Å². The normalized spacial score (nSPS) is 10.6. The third-order valence-corrected chi connectivity index (χ3v) is 2.97. The van der Waals surface area contributed by atoms with Crippen LogP contribution in [0.4, 0.5) is 10.1 Å². The lowest BCUT2D eigenvalue weighted by atomic mass is 10.2. The van der Waals surface area contributed by atoms with E-state index in [2.05, 4.69) is 12.2 Å². The fourth-order valence-corrected chi connectivity index (χ4v) is 1.92. The molecule has 0 saturated heterocycles. The molecule has 0 fully saturated rings. The summed E-state index contributed by atoms with van der Waals surface area (Å²) < 4.78 is 13.0. The second-order valence-electron chi connectivity index (χ2n) is 4.90. The van der Waals surface area contributed by atoms with Crippen molar-refractivity contribution in [3.63, 3.8) is 0 Å². The minimum atomic E-state index is -0.406. The number of nitrogens with zero attached hydrogens (tertiary/aromatic N) is 1. The van der Waals surface area contributed by atoms with Gasteiger partial charge in [-0.2, -0.15) is 0 Å². The van der Waals surface area contributed by atoms with Crippen molar-refractivity contribution >= 4 is 17.5 Å². The zero-order valence-corrected chi connectivity index (χ0v) is 12.3. The van der Waals surface area contributed by atoms with Crippen molar-refractivity contribution in [3.05, 3.63) is 30.1 Å². The summed E-state index contributed by atoms with van der Waals surface area (Å²) in [4.78, 5) is 24.7. The average molecular weight is 295 g/mol. The first-order valence-electron chi connectivity index (χ1n) is 7.07. The number of hydrogen-bond acceptors (Lipinski definition) is 3. The smallest absolute Gasteiger partial charge is 0.231 e. The van der Waals surface area contributed by atoms with Crippen LogP contribution in [0.5, 0.6) is 0 Å². The van der Waals surface area contributed by atoms with Crippen LogP contribution in [-0.4, -0.2) is 36.3 Å². The second kappa shape index (κ2) is 9.07. The van der Waals surface area contributed by atoms with Gasteiger partial charge in [0.2, 0.25) is 11.8 Å². The zero-order valence-electron chi connectivity index (χ0n) is 12.3. The molecule has 0 heterocycles. The van der Waals surface area contributed by atoms with Crippen LogP contribution >= 0.6 is 0 Å². The quantitative estimate of drug-likeness (QED) is 0.728. The maximum absolute atomic E-state index is 13.0. The number of hydrogen-bond donors (Lipinski definition) is 2. The van der Waals surface area contributed by atoms with E-state index in [0.29, 0.717) is 12.2 Å². The molecule has 6 heteroatoms. The molecular formula is C15H22FN3O2. The Balaban J connectivity index is 2.43. The number of unbranched alkanes of at least 4 members (excludes halogenated alkanes) is 1. The summed E-state index contributed by atoms with van der Waals surface area (Å²) >= 11 is 0. The summed E-state index contributed by atoms with van der Waals surface area (Å²) in [6, 6.07) is 5.73. The molecule has 0 aromatic heterocycles. The Bertz CT molecular complexity index is 480. The summed E-state index contributed by atoms with van der Waals surface area (Å²) in [5.41, 5.74) is 5.61. The topological polar surface area (TPSA) is 75.4 Å². The molecular weight excluding hydrogens is 273 g/mol. The van der Waals surface area contributed by atoms with Crippen LogP contribution < -0.4 is 11.1 Å². The molecule has 0 saturated carbocycles. The van der Waals surface area contributed by atoms with Crippen LogP contribution in [0.1, 0.15) is 26.2 Å². The van der Waals surface area contributed by atoms with E-state index in [-0.39, 0.29) is 18.9 Å². The van der Waals surface area contributed by atoms with Crippen LogP contribution in [0.3, 0.4) is 0 Å². The van der Waals surface area contributed by atoms with Crippen molar-refractivity contribution in [2.45, 2.75) is 26.2 Å². The Labute approximate surface area is 124 Å². The molecule has 1 rings (SSSR count). The third-order valence-electron chi connectivity index (χ3n) is 2.97. The maximum Gasteiger partial charge on any atom is 0.231 e. The van der Waals surface area contributed by atoms with Crippen LogP contribution in [-0.2, 0) is 9.59 Å². The molecule has 0 radical (unpaired) electrons. The Morgan fingerprint density at radius 2 is 2.10 bits per heavy atom. The van der Waals surface area contributed by atoms with Crippen LogP contribution in [0.15, 0.2) is 24.3 Å². The van der Waals surface area contributed by atoms with Gasteiger partial charge in [0.15, 0.2) is 0 Å². The number of carbonyl (C=O) groups is 2. The minimum absolute atomic E-state index is 0.146. The van der Waals surface area contributed by atoms with Gasteiger partial charge in [0, 0.05) is 18.7 Å². The molecule has 21 heavy (non-hydrogen) atoms. The number of amides is 2. The fraction of sp³-hybridized carbons (Fsp3) is 0.467. The van der Waals surface area contributed by atoms with E-state index in [0.717, 1.165) is 19.4 Å². The maximum atomic E-state index is 13.0. The number of primary amides is 1. The predicted molar refractivity (Wildman–Crippen MR) is 80.2 cm³/mol. The Kier molecular flexibility index (Phi) is 7.39. The van der Waals surface area contributed by atoms with Gasteiger partial charge in [-0.15, -0.1) is 0 Å². The number of carbonyl (C=O) groups excluding carboxylic acids is 2. The number of nitrogens with two attached hydrogens (primary N) is 1.